The van der Waals surface area contributed by atoms with Crippen LogP contribution in [0.5, 0.6) is 5.75 Å². The molecule has 2 aromatic carbocycles. The second kappa shape index (κ2) is 8.63. The molecule has 0 radical (unpaired) electrons. The van der Waals surface area contributed by atoms with Gasteiger partial charge in [0.2, 0.25) is 0 Å². The maximum Gasteiger partial charge on any atom is 0.318 e. The molecule has 5 heteroatoms. The van der Waals surface area contributed by atoms with Crippen molar-refractivity contribution in [2.24, 2.45) is 0 Å². The Morgan fingerprint density at radius 2 is 1.75 bits per heavy atom. The van der Waals surface area contributed by atoms with Crippen LogP contribution in [0.2, 0.25) is 0 Å². The van der Waals surface area contributed by atoms with Gasteiger partial charge in [-0.25, -0.2) is 9.18 Å². The first-order valence-corrected chi connectivity index (χ1v) is 10.2. The fourth-order valence-corrected chi connectivity index (χ4v) is 3.76. The molecule has 0 aromatic heterocycles. The van der Waals surface area contributed by atoms with Gasteiger partial charge in [-0.2, -0.15) is 0 Å². The van der Waals surface area contributed by atoms with Crippen LogP contribution in [-0.2, 0) is 13.1 Å². The topological polar surface area (TPSA) is 41.6 Å². The maximum absolute atomic E-state index is 13.1. The van der Waals surface area contributed by atoms with Gasteiger partial charge >= 0.3 is 6.03 Å². The van der Waals surface area contributed by atoms with E-state index in [0.29, 0.717) is 19.2 Å². The van der Waals surface area contributed by atoms with Crippen LogP contribution < -0.4 is 10.1 Å². The molecule has 148 valence electrons. The molecule has 2 fully saturated rings. The molecule has 1 N–H and O–H groups in total. The summed E-state index contributed by atoms with van der Waals surface area (Å²) in [4.78, 5) is 14.7. The van der Waals surface area contributed by atoms with Gasteiger partial charge in [0, 0.05) is 24.7 Å². The third kappa shape index (κ3) is 4.83. The van der Waals surface area contributed by atoms with Crippen LogP contribution in [0.4, 0.5) is 9.18 Å². The average molecular weight is 382 g/mol. The highest BCUT2D eigenvalue weighted by molar-refractivity contribution is 5.75. The molecular formula is C23H27FN2O2. The van der Waals surface area contributed by atoms with E-state index >= 15 is 0 Å². The number of hydrogen-bond acceptors (Lipinski definition) is 2. The van der Waals surface area contributed by atoms with Gasteiger partial charge in [0.1, 0.15) is 11.6 Å². The number of halogens is 1. The summed E-state index contributed by atoms with van der Waals surface area (Å²) in [6.07, 6.45) is 7.00. The molecular weight excluding hydrogens is 355 g/mol. The van der Waals surface area contributed by atoms with Gasteiger partial charge in [0.05, 0.1) is 6.10 Å². The van der Waals surface area contributed by atoms with Crippen LogP contribution in [0.25, 0.3) is 0 Å². The largest absolute Gasteiger partial charge is 0.490 e. The first kappa shape index (κ1) is 18.8. The normalized spacial score (nSPS) is 16.8. The highest BCUT2D eigenvalue weighted by Gasteiger charge is 2.32. The number of carbonyl (C=O) groups excluding carboxylic acids is 1. The van der Waals surface area contributed by atoms with Crippen molar-refractivity contribution >= 4 is 6.03 Å². The fraction of sp³-hybridized carbons (Fsp3) is 0.435. The third-order valence-electron chi connectivity index (χ3n) is 5.51. The number of amides is 2. The van der Waals surface area contributed by atoms with Gasteiger partial charge in [-0.15, -0.1) is 0 Å². The van der Waals surface area contributed by atoms with Crippen molar-refractivity contribution < 1.29 is 13.9 Å². The van der Waals surface area contributed by atoms with Crippen molar-refractivity contribution in [3.8, 4) is 5.75 Å². The van der Waals surface area contributed by atoms with Crippen LogP contribution in [0, 0.1) is 5.82 Å². The van der Waals surface area contributed by atoms with Crippen molar-refractivity contribution in [1.82, 2.24) is 10.2 Å². The number of carbonyl (C=O) groups is 1. The zero-order valence-corrected chi connectivity index (χ0v) is 16.1. The number of ether oxygens (including phenoxy) is 1. The van der Waals surface area contributed by atoms with E-state index < -0.39 is 0 Å². The number of urea groups is 1. The fourth-order valence-electron chi connectivity index (χ4n) is 3.76. The van der Waals surface area contributed by atoms with E-state index in [4.69, 9.17) is 4.74 Å². The zero-order chi connectivity index (χ0) is 19.3. The second-order valence-corrected chi connectivity index (χ2v) is 7.78. The molecule has 2 aromatic rings. The van der Waals surface area contributed by atoms with Crippen LogP contribution >= 0.6 is 0 Å². The summed E-state index contributed by atoms with van der Waals surface area (Å²) in [6.45, 7) is 0.936. The van der Waals surface area contributed by atoms with Gasteiger partial charge in [-0.1, -0.05) is 30.3 Å². The average Bonchev–Trinajstić information content (AvgIpc) is 3.42. The Morgan fingerprint density at radius 3 is 2.46 bits per heavy atom. The Kier molecular flexibility index (Phi) is 5.79. The van der Waals surface area contributed by atoms with E-state index in [-0.39, 0.29) is 17.9 Å². The Hall–Kier alpha value is -2.56. The van der Waals surface area contributed by atoms with Crippen molar-refractivity contribution in [3.63, 3.8) is 0 Å². The van der Waals surface area contributed by atoms with Gasteiger partial charge in [-0.3, -0.25) is 0 Å². The van der Waals surface area contributed by atoms with E-state index in [1.165, 1.54) is 25.0 Å². The Balaban J connectivity index is 1.38. The van der Waals surface area contributed by atoms with E-state index in [0.717, 1.165) is 42.6 Å². The minimum Gasteiger partial charge on any atom is -0.490 e. The Labute approximate surface area is 165 Å². The van der Waals surface area contributed by atoms with Gasteiger partial charge in [0.25, 0.3) is 0 Å². The molecule has 28 heavy (non-hydrogen) atoms. The summed E-state index contributed by atoms with van der Waals surface area (Å²) in [5.74, 6) is 0.608. The predicted octanol–water partition coefficient (Wildman–Crippen LogP) is 5.02. The lowest BCUT2D eigenvalue weighted by Gasteiger charge is -2.24. The molecule has 0 heterocycles. The highest BCUT2D eigenvalue weighted by Crippen LogP contribution is 2.29. The highest BCUT2D eigenvalue weighted by atomic mass is 19.1. The molecule has 0 saturated heterocycles. The number of nitrogens with one attached hydrogen (secondary N) is 1. The molecule has 4 rings (SSSR count). The van der Waals surface area contributed by atoms with Gasteiger partial charge < -0.3 is 15.0 Å². The van der Waals surface area contributed by atoms with Crippen LogP contribution in [0.1, 0.15) is 49.7 Å². The standard InChI is InChI=1S/C23H27FN2O2/c24-19-11-9-17(10-12-19)16-26(20-13-14-20)23(27)25-15-18-5-1-4-8-22(18)28-21-6-2-3-7-21/h1,4-5,8-12,20-21H,2-3,6-7,13-16H2,(H,25,27). The minimum absolute atomic E-state index is 0.0810. The molecule has 2 saturated carbocycles. The van der Waals surface area contributed by atoms with Crippen LogP contribution in [0.3, 0.4) is 0 Å². The zero-order valence-electron chi connectivity index (χ0n) is 16.1. The Morgan fingerprint density at radius 1 is 1.04 bits per heavy atom. The van der Waals surface area contributed by atoms with E-state index in [9.17, 15) is 9.18 Å². The molecule has 2 aliphatic rings. The predicted molar refractivity (Wildman–Crippen MR) is 107 cm³/mol. The van der Waals surface area contributed by atoms with E-state index in [1.54, 1.807) is 12.1 Å². The summed E-state index contributed by atoms with van der Waals surface area (Å²) in [6, 6.07) is 14.5. The smallest absolute Gasteiger partial charge is 0.318 e. The molecule has 2 aliphatic carbocycles. The quantitative estimate of drug-likeness (QED) is 0.730. The molecule has 2 amide bonds. The van der Waals surface area contributed by atoms with Crippen LogP contribution in [-0.4, -0.2) is 23.1 Å². The summed E-state index contributed by atoms with van der Waals surface area (Å²) >= 11 is 0. The van der Waals surface area contributed by atoms with Crippen LogP contribution in [0.15, 0.2) is 48.5 Å². The summed E-state index contributed by atoms with van der Waals surface area (Å²) in [7, 11) is 0. The molecule has 0 unspecified atom stereocenters. The molecule has 4 nitrogen and oxygen atoms in total. The second-order valence-electron chi connectivity index (χ2n) is 7.78. The van der Waals surface area contributed by atoms with Crippen molar-refractivity contribution in [2.75, 3.05) is 0 Å². The van der Waals surface area contributed by atoms with Gasteiger partial charge in [0.15, 0.2) is 0 Å². The number of rotatable bonds is 7. The minimum atomic E-state index is -0.259. The lowest BCUT2D eigenvalue weighted by Crippen LogP contribution is -2.40. The summed E-state index contributed by atoms with van der Waals surface area (Å²) in [5.41, 5.74) is 1.94. The summed E-state index contributed by atoms with van der Waals surface area (Å²) in [5, 5.41) is 3.05. The number of para-hydroxylation sites is 1. The monoisotopic (exact) mass is 382 g/mol. The van der Waals surface area contributed by atoms with Crippen molar-refractivity contribution in [2.45, 2.75) is 63.8 Å². The Bertz CT molecular complexity index is 799. The lowest BCUT2D eigenvalue weighted by atomic mass is 10.2. The van der Waals surface area contributed by atoms with E-state index in [1.807, 2.05) is 29.2 Å². The maximum atomic E-state index is 13.1. The first-order chi connectivity index (χ1) is 13.7. The van der Waals surface area contributed by atoms with Crippen molar-refractivity contribution in [3.05, 3.63) is 65.5 Å². The molecule has 0 aliphatic heterocycles. The lowest BCUT2D eigenvalue weighted by molar-refractivity contribution is 0.190. The summed E-state index contributed by atoms with van der Waals surface area (Å²) < 4.78 is 19.3. The number of hydrogen-bond donors (Lipinski definition) is 1. The molecule has 0 atom stereocenters. The van der Waals surface area contributed by atoms with Crippen molar-refractivity contribution in [1.29, 1.82) is 0 Å². The third-order valence-corrected chi connectivity index (χ3v) is 5.51. The van der Waals surface area contributed by atoms with E-state index in [2.05, 4.69) is 5.32 Å². The first-order valence-electron chi connectivity index (χ1n) is 10.2. The molecule has 0 spiro atoms. The SMILES string of the molecule is O=C(NCc1ccccc1OC1CCCC1)N(Cc1ccc(F)cc1)C1CC1. The number of benzene rings is 2. The van der Waals surface area contributed by atoms with Gasteiger partial charge in [-0.05, 0) is 62.3 Å². The number of nitrogens with zero attached hydrogens (tertiary/aromatic N) is 1. The molecule has 0 bridgehead atoms.